The van der Waals surface area contributed by atoms with E-state index in [1.54, 1.807) is 6.07 Å². The van der Waals surface area contributed by atoms with E-state index in [9.17, 15) is 22.4 Å². The van der Waals surface area contributed by atoms with E-state index in [0.717, 1.165) is 4.68 Å². The maximum atomic E-state index is 14.0. The number of benzene rings is 2. The summed E-state index contributed by atoms with van der Waals surface area (Å²) in [6.45, 7) is 1.31. The molecule has 25 heavy (non-hydrogen) atoms. The predicted octanol–water partition coefficient (Wildman–Crippen LogP) is 5.30. The summed E-state index contributed by atoms with van der Waals surface area (Å²) in [6, 6.07) is 5.34. The molecule has 0 saturated heterocycles. The van der Waals surface area contributed by atoms with Gasteiger partial charge in [0.05, 0.1) is 22.3 Å². The lowest BCUT2D eigenvalue weighted by Gasteiger charge is -2.12. The third kappa shape index (κ3) is 3.30. The maximum Gasteiger partial charge on any atom is 0.416 e. The number of rotatable bonds is 2. The molecule has 0 aliphatic rings. The van der Waals surface area contributed by atoms with Gasteiger partial charge in [0.2, 0.25) is 5.91 Å². The first-order chi connectivity index (χ1) is 11.7. The SMILES string of the molecule is CC(=O)n1ncc2ccc(Oc3c(F)cc(C(F)(F)F)cc3Cl)cc21. The summed E-state index contributed by atoms with van der Waals surface area (Å²) in [5.41, 5.74) is -0.805. The minimum atomic E-state index is -4.73. The molecule has 0 amide bonds. The first-order valence-electron chi connectivity index (χ1n) is 6.89. The Balaban J connectivity index is 2.01. The van der Waals surface area contributed by atoms with Gasteiger partial charge in [-0.05, 0) is 24.3 Å². The number of aromatic nitrogens is 2. The van der Waals surface area contributed by atoms with Crippen LogP contribution in [0.5, 0.6) is 11.5 Å². The molecule has 3 rings (SSSR count). The zero-order chi connectivity index (χ0) is 18.4. The molecular weight excluding hydrogens is 364 g/mol. The van der Waals surface area contributed by atoms with Crippen LogP contribution in [0.1, 0.15) is 17.3 Å². The normalized spacial score (nSPS) is 11.8. The first-order valence-corrected chi connectivity index (χ1v) is 7.27. The number of halogens is 5. The van der Waals surface area contributed by atoms with Crippen molar-refractivity contribution in [3.8, 4) is 11.5 Å². The molecular formula is C16H9ClF4N2O2. The van der Waals surface area contributed by atoms with Crippen molar-refractivity contribution in [1.82, 2.24) is 9.78 Å². The number of alkyl halides is 3. The Labute approximate surface area is 143 Å². The van der Waals surface area contributed by atoms with E-state index in [-0.39, 0.29) is 11.7 Å². The van der Waals surface area contributed by atoms with Crippen molar-refractivity contribution in [2.24, 2.45) is 0 Å². The van der Waals surface area contributed by atoms with Crippen molar-refractivity contribution >= 4 is 28.4 Å². The maximum absolute atomic E-state index is 14.0. The third-order valence-electron chi connectivity index (χ3n) is 3.39. The first kappa shape index (κ1) is 17.2. The molecule has 1 aromatic heterocycles. The number of nitrogens with zero attached hydrogens (tertiary/aromatic N) is 2. The lowest BCUT2D eigenvalue weighted by Crippen LogP contribution is -2.07. The lowest BCUT2D eigenvalue weighted by atomic mass is 10.2. The zero-order valence-electron chi connectivity index (χ0n) is 12.6. The minimum absolute atomic E-state index is 0.0936. The molecule has 0 N–H and O–H groups in total. The smallest absolute Gasteiger partial charge is 0.416 e. The zero-order valence-corrected chi connectivity index (χ0v) is 13.3. The molecule has 0 unspecified atom stereocenters. The van der Waals surface area contributed by atoms with Crippen LogP contribution in [0.4, 0.5) is 17.6 Å². The molecule has 1 heterocycles. The van der Waals surface area contributed by atoms with Gasteiger partial charge in [-0.1, -0.05) is 11.6 Å². The van der Waals surface area contributed by atoms with Crippen LogP contribution >= 0.6 is 11.6 Å². The molecule has 0 bridgehead atoms. The molecule has 0 saturated carbocycles. The summed E-state index contributed by atoms with van der Waals surface area (Å²) in [4.78, 5) is 11.5. The van der Waals surface area contributed by atoms with Gasteiger partial charge in [0.15, 0.2) is 11.6 Å². The fourth-order valence-corrected chi connectivity index (χ4v) is 2.50. The number of carbonyl (C=O) groups is 1. The van der Waals surface area contributed by atoms with Gasteiger partial charge in [-0.15, -0.1) is 0 Å². The molecule has 0 aliphatic carbocycles. The van der Waals surface area contributed by atoms with Crippen molar-refractivity contribution < 1.29 is 27.1 Å². The van der Waals surface area contributed by atoms with Gasteiger partial charge in [0, 0.05) is 18.4 Å². The molecule has 0 fully saturated rings. The minimum Gasteiger partial charge on any atom is -0.453 e. The van der Waals surface area contributed by atoms with Gasteiger partial charge in [-0.2, -0.15) is 18.3 Å². The Morgan fingerprint density at radius 2 is 1.96 bits per heavy atom. The number of ether oxygens (including phenoxy) is 1. The van der Waals surface area contributed by atoms with Crippen LogP contribution in [0, 0.1) is 5.82 Å². The van der Waals surface area contributed by atoms with Gasteiger partial charge in [0.25, 0.3) is 0 Å². The van der Waals surface area contributed by atoms with E-state index in [2.05, 4.69) is 5.10 Å². The molecule has 0 aliphatic heterocycles. The summed E-state index contributed by atoms with van der Waals surface area (Å²) in [6.07, 6.45) is -3.26. The van der Waals surface area contributed by atoms with E-state index in [4.69, 9.17) is 16.3 Å². The molecule has 0 spiro atoms. The third-order valence-corrected chi connectivity index (χ3v) is 3.67. The van der Waals surface area contributed by atoms with E-state index in [1.165, 1.54) is 25.3 Å². The van der Waals surface area contributed by atoms with E-state index >= 15 is 0 Å². The molecule has 0 atom stereocenters. The molecule has 9 heteroatoms. The predicted molar refractivity (Wildman–Crippen MR) is 82.5 cm³/mol. The second-order valence-corrected chi connectivity index (χ2v) is 5.57. The highest BCUT2D eigenvalue weighted by Gasteiger charge is 2.32. The number of carbonyl (C=O) groups excluding carboxylic acids is 1. The highest BCUT2D eigenvalue weighted by Crippen LogP contribution is 2.39. The average Bonchev–Trinajstić information content (AvgIpc) is 2.93. The summed E-state index contributed by atoms with van der Waals surface area (Å²) < 4.78 is 58.4. The van der Waals surface area contributed by atoms with Crippen molar-refractivity contribution in [1.29, 1.82) is 0 Å². The van der Waals surface area contributed by atoms with Gasteiger partial charge < -0.3 is 4.74 Å². The highest BCUT2D eigenvalue weighted by atomic mass is 35.5. The van der Waals surface area contributed by atoms with E-state index in [1.807, 2.05) is 0 Å². The summed E-state index contributed by atoms with van der Waals surface area (Å²) in [7, 11) is 0. The van der Waals surface area contributed by atoms with Crippen LogP contribution in [0.2, 0.25) is 5.02 Å². The number of hydrogen-bond donors (Lipinski definition) is 0. The van der Waals surface area contributed by atoms with Crippen LogP contribution in [0.3, 0.4) is 0 Å². The average molecular weight is 373 g/mol. The van der Waals surface area contributed by atoms with Crippen molar-refractivity contribution in [2.45, 2.75) is 13.1 Å². The second kappa shape index (κ2) is 6.03. The Morgan fingerprint density at radius 3 is 2.56 bits per heavy atom. The van der Waals surface area contributed by atoms with Crippen LogP contribution in [0.15, 0.2) is 36.5 Å². The van der Waals surface area contributed by atoms with Crippen LogP contribution < -0.4 is 4.74 Å². The highest BCUT2D eigenvalue weighted by molar-refractivity contribution is 6.32. The summed E-state index contributed by atoms with van der Waals surface area (Å²) in [5.74, 6) is -2.04. The molecule has 0 radical (unpaired) electrons. The van der Waals surface area contributed by atoms with Gasteiger partial charge >= 0.3 is 6.18 Å². The van der Waals surface area contributed by atoms with Crippen LogP contribution in [-0.4, -0.2) is 15.7 Å². The van der Waals surface area contributed by atoms with Gasteiger partial charge in [0.1, 0.15) is 5.75 Å². The molecule has 130 valence electrons. The largest absolute Gasteiger partial charge is 0.453 e. The fraction of sp³-hybridized carbons (Fsp3) is 0.125. The van der Waals surface area contributed by atoms with Crippen LogP contribution in [-0.2, 0) is 6.18 Å². The summed E-state index contributed by atoms with van der Waals surface area (Å²) in [5, 5.41) is 4.02. The lowest BCUT2D eigenvalue weighted by molar-refractivity contribution is -0.137. The topological polar surface area (TPSA) is 44.1 Å². The van der Waals surface area contributed by atoms with E-state index < -0.39 is 28.3 Å². The second-order valence-electron chi connectivity index (χ2n) is 5.16. The van der Waals surface area contributed by atoms with Crippen LogP contribution in [0.25, 0.3) is 10.9 Å². The molecule has 4 nitrogen and oxygen atoms in total. The fourth-order valence-electron chi connectivity index (χ4n) is 2.25. The standard InChI is InChI=1S/C16H9ClF4N2O2/c1-8(24)23-14-6-11(3-2-9(14)7-22-23)25-15-12(17)4-10(5-13(15)18)16(19,20)21/h2-7H,1H3. The summed E-state index contributed by atoms with van der Waals surface area (Å²) >= 11 is 5.73. The monoisotopic (exact) mass is 372 g/mol. The van der Waals surface area contributed by atoms with Gasteiger partial charge in [-0.3, -0.25) is 4.79 Å². The van der Waals surface area contributed by atoms with Crippen molar-refractivity contribution in [3.63, 3.8) is 0 Å². The van der Waals surface area contributed by atoms with Crippen molar-refractivity contribution in [2.75, 3.05) is 0 Å². The molecule has 2 aromatic carbocycles. The Kier molecular flexibility index (Phi) is 4.16. The van der Waals surface area contributed by atoms with Crippen molar-refractivity contribution in [3.05, 3.63) is 52.9 Å². The van der Waals surface area contributed by atoms with Gasteiger partial charge in [-0.25, -0.2) is 9.07 Å². The Bertz CT molecular complexity index is 959. The number of fused-ring (bicyclic) bond motifs is 1. The molecule has 3 aromatic rings. The number of hydrogen-bond acceptors (Lipinski definition) is 3. The Morgan fingerprint density at radius 1 is 1.24 bits per heavy atom. The van der Waals surface area contributed by atoms with E-state index in [0.29, 0.717) is 23.0 Å². The Hall–Kier alpha value is -2.61. The quantitative estimate of drug-likeness (QED) is 0.573.